The predicted octanol–water partition coefficient (Wildman–Crippen LogP) is 3.21. The number of carbonyl (C=O) groups excluding carboxylic acids is 1. The zero-order valence-electron chi connectivity index (χ0n) is 15.9. The van der Waals surface area contributed by atoms with Crippen LogP contribution in [-0.4, -0.2) is 43.0 Å². The maximum atomic E-state index is 13.8. The van der Waals surface area contributed by atoms with Crippen molar-refractivity contribution >= 4 is 17.3 Å². The molecule has 8 nitrogen and oxygen atoms in total. The third kappa shape index (κ3) is 5.40. The Morgan fingerprint density at radius 1 is 1.18 bits per heavy atom. The number of carbonyl (C=O) groups is 1. The summed E-state index contributed by atoms with van der Waals surface area (Å²) >= 11 is 0. The van der Waals surface area contributed by atoms with Crippen LogP contribution >= 0.6 is 0 Å². The van der Waals surface area contributed by atoms with E-state index < -0.39 is 10.7 Å². The summed E-state index contributed by atoms with van der Waals surface area (Å²) in [5, 5.41) is 13.6. The van der Waals surface area contributed by atoms with Gasteiger partial charge in [0, 0.05) is 18.7 Å². The van der Waals surface area contributed by atoms with Crippen LogP contribution in [0, 0.1) is 15.9 Å². The summed E-state index contributed by atoms with van der Waals surface area (Å²) in [7, 11) is 2.80. The third-order valence-electron chi connectivity index (χ3n) is 4.10. The Hall–Kier alpha value is -3.20. The molecule has 0 spiro atoms. The molecule has 0 saturated heterocycles. The van der Waals surface area contributed by atoms with Gasteiger partial charge >= 0.3 is 0 Å². The topological polar surface area (TPSA) is 93.9 Å². The van der Waals surface area contributed by atoms with Gasteiger partial charge in [-0.05, 0) is 30.3 Å². The van der Waals surface area contributed by atoms with Crippen LogP contribution in [0.3, 0.4) is 0 Å². The van der Waals surface area contributed by atoms with Gasteiger partial charge in [-0.25, -0.2) is 4.39 Å². The normalized spacial score (nSPS) is 10.6. The van der Waals surface area contributed by atoms with Gasteiger partial charge in [-0.2, -0.15) is 0 Å². The van der Waals surface area contributed by atoms with Crippen LogP contribution in [0.4, 0.5) is 15.8 Å². The first kappa shape index (κ1) is 21.1. The molecule has 0 fully saturated rings. The van der Waals surface area contributed by atoms with Crippen molar-refractivity contribution in [2.75, 3.05) is 32.6 Å². The van der Waals surface area contributed by atoms with E-state index in [1.54, 1.807) is 11.0 Å². The largest absolute Gasteiger partial charge is 0.495 e. The lowest BCUT2D eigenvalue weighted by Crippen LogP contribution is -2.32. The maximum Gasteiger partial charge on any atom is 0.271 e. The molecule has 0 aliphatic carbocycles. The van der Waals surface area contributed by atoms with E-state index in [0.717, 1.165) is 0 Å². The number of ether oxygens (including phenoxy) is 2. The van der Waals surface area contributed by atoms with E-state index in [1.807, 2.05) is 6.92 Å². The minimum absolute atomic E-state index is 0.0238. The molecule has 0 unspecified atom stereocenters. The average Bonchev–Trinajstić information content (AvgIpc) is 2.67. The van der Waals surface area contributed by atoms with E-state index in [1.165, 1.54) is 44.6 Å². The molecular formula is C19H22FN3O5. The van der Waals surface area contributed by atoms with Crippen LogP contribution in [0.2, 0.25) is 0 Å². The number of nitro groups is 1. The Morgan fingerprint density at radius 2 is 1.86 bits per heavy atom. The van der Waals surface area contributed by atoms with Crippen molar-refractivity contribution in [3.8, 4) is 11.5 Å². The number of nitrogens with one attached hydrogen (secondary N) is 1. The van der Waals surface area contributed by atoms with Crippen molar-refractivity contribution in [1.82, 2.24) is 4.90 Å². The highest BCUT2D eigenvalue weighted by Crippen LogP contribution is 2.28. The van der Waals surface area contributed by atoms with E-state index in [0.29, 0.717) is 24.4 Å². The lowest BCUT2D eigenvalue weighted by molar-refractivity contribution is -0.384. The van der Waals surface area contributed by atoms with Crippen LogP contribution in [0.25, 0.3) is 0 Å². The molecule has 9 heteroatoms. The van der Waals surface area contributed by atoms with Crippen LogP contribution in [0.5, 0.6) is 11.5 Å². The van der Waals surface area contributed by atoms with Crippen molar-refractivity contribution in [3.63, 3.8) is 0 Å². The van der Waals surface area contributed by atoms with Gasteiger partial charge in [-0.3, -0.25) is 19.8 Å². The van der Waals surface area contributed by atoms with Gasteiger partial charge in [0.05, 0.1) is 31.4 Å². The first-order valence-electron chi connectivity index (χ1n) is 8.55. The fourth-order valence-corrected chi connectivity index (χ4v) is 2.65. The highest BCUT2D eigenvalue weighted by Gasteiger charge is 2.16. The number of nitro benzene ring substituents is 1. The number of amides is 1. The summed E-state index contributed by atoms with van der Waals surface area (Å²) in [6.07, 6.45) is 0. The molecule has 0 saturated carbocycles. The van der Waals surface area contributed by atoms with Crippen molar-refractivity contribution in [2.45, 2.75) is 13.5 Å². The number of hydrogen-bond donors (Lipinski definition) is 1. The van der Waals surface area contributed by atoms with Crippen LogP contribution < -0.4 is 14.8 Å². The second kappa shape index (κ2) is 9.65. The first-order chi connectivity index (χ1) is 13.4. The molecule has 1 N–H and O–H groups in total. The molecule has 0 aliphatic rings. The molecule has 0 radical (unpaired) electrons. The van der Waals surface area contributed by atoms with Crippen molar-refractivity contribution in [1.29, 1.82) is 0 Å². The standard InChI is InChI=1S/C19H22FN3O5/c1-4-22(11-13-5-7-17(27-2)15(20)9-13)12-19(24)21-16-10-14(23(25)26)6-8-18(16)28-3/h5-10H,4,11-12H2,1-3H3,(H,21,24). The number of anilines is 1. The summed E-state index contributed by atoms with van der Waals surface area (Å²) in [6, 6.07) is 8.59. The molecule has 0 bridgehead atoms. The van der Waals surface area contributed by atoms with Gasteiger partial charge in [0.15, 0.2) is 11.6 Å². The van der Waals surface area contributed by atoms with Crippen LogP contribution in [0.15, 0.2) is 36.4 Å². The minimum atomic E-state index is -0.550. The SMILES string of the molecule is CCN(CC(=O)Nc1cc([N+](=O)[O-])ccc1OC)Cc1ccc(OC)c(F)c1. The van der Waals surface area contributed by atoms with E-state index in [4.69, 9.17) is 9.47 Å². The van der Waals surface area contributed by atoms with Gasteiger partial charge in [0.2, 0.25) is 5.91 Å². The summed E-state index contributed by atoms with van der Waals surface area (Å²) in [4.78, 5) is 24.6. The molecule has 150 valence electrons. The number of benzene rings is 2. The second-order valence-electron chi connectivity index (χ2n) is 5.96. The minimum Gasteiger partial charge on any atom is -0.495 e. The zero-order valence-corrected chi connectivity index (χ0v) is 15.9. The molecule has 2 rings (SSSR count). The lowest BCUT2D eigenvalue weighted by atomic mass is 10.2. The number of nitrogens with zero attached hydrogens (tertiary/aromatic N) is 2. The highest BCUT2D eigenvalue weighted by molar-refractivity contribution is 5.94. The fourth-order valence-electron chi connectivity index (χ4n) is 2.65. The van der Waals surface area contributed by atoms with Crippen molar-refractivity contribution in [3.05, 3.63) is 57.9 Å². The van der Waals surface area contributed by atoms with Crippen LogP contribution in [-0.2, 0) is 11.3 Å². The molecule has 1 amide bonds. The fraction of sp³-hybridized carbons (Fsp3) is 0.316. The Kier molecular flexibility index (Phi) is 7.28. The Labute approximate surface area is 162 Å². The lowest BCUT2D eigenvalue weighted by Gasteiger charge is -2.20. The summed E-state index contributed by atoms with van der Waals surface area (Å²) in [5.74, 6) is -0.363. The number of methoxy groups -OCH3 is 2. The van der Waals surface area contributed by atoms with E-state index in [9.17, 15) is 19.3 Å². The molecule has 2 aromatic rings. The van der Waals surface area contributed by atoms with Crippen LogP contribution in [0.1, 0.15) is 12.5 Å². The van der Waals surface area contributed by atoms with E-state index in [2.05, 4.69) is 5.32 Å². The van der Waals surface area contributed by atoms with E-state index in [-0.39, 0.29) is 29.6 Å². The van der Waals surface area contributed by atoms with Gasteiger partial charge in [0.1, 0.15) is 5.75 Å². The second-order valence-corrected chi connectivity index (χ2v) is 5.96. The Balaban J connectivity index is 2.07. The summed E-state index contributed by atoms with van der Waals surface area (Å²) in [6.45, 7) is 2.81. The third-order valence-corrected chi connectivity index (χ3v) is 4.10. The Morgan fingerprint density at radius 3 is 2.43 bits per heavy atom. The smallest absolute Gasteiger partial charge is 0.271 e. The number of non-ortho nitro benzene ring substituents is 1. The average molecular weight is 391 g/mol. The predicted molar refractivity (Wildman–Crippen MR) is 102 cm³/mol. The number of hydrogen-bond acceptors (Lipinski definition) is 6. The Bertz CT molecular complexity index is 859. The molecule has 0 aliphatic heterocycles. The van der Waals surface area contributed by atoms with Gasteiger partial charge < -0.3 is 14.8 Å². The summed E-state index contributed by atoms with van der Waals surface area (Å²) < 4.78 is 23.9. The highest BCUT2D eigenvalue weighted by atomic mass is 19.1. The molecule has 2 aromatic carbocycles. The summed E-state index contributed by atoms with van der Waals surface area (Å²) in [5.41, 5.74) is 0.756. The quantitative estimate of drug-likeness (QED) is 0.521. The number of rotatable bonds is 9. The molecular weight excluding hydrogens is 369 g/mol. The van der Waals surface area contributed by atoms with E-state index >= 15 is 0 Å². The van der Waals surface area contributed by atoms with Gasteiger partial charge in [0.25, 0.3) is 5.69 Å². The zero-order chi connectivity index (χ0) is 20.7. The molecule has 0 heterocycles. The van der Waals surface area contributed by atoms with Crippen molar-refractivity contribution in [2.24, 2.45) is 0 Å². The number of halogens is 1. The maximum absolute atomic E-state index is 13.8. The number of likely N-dealkylation sites (N-methyl/N-ethyl adjacent to an activating group) is 1. The van der Waals surface area contributed by atoms with Gasteiger partial charge in [-0.1, -0.05) is 13.0 Å². The molecule has 28 heavy (non-hydrogen) atoms. The molecule has 0 aromatic heterocycles. The first-order valence-corrected chi connectivity index (χ1v) is 8.55. The molecule has 0 atom stereocenters. The van der Waals surface area contributed by atoms with Crippen molar-refractivity contribution < 1.29 is 23.6 Å². The monoisotopic (exact) mass is 391 g/mol. The van der Waals surface area contributed by atoms with Gasteiger partial charge in [-0.15, -0.1) is 0 Å².